The first-order chi connectivity index (χ1) is 13.7. The zero-order valence-electron chi connectivity index (χ0n) is 16.8. The van der Waals surface area contributed by atoms with Crippen molar-refractivity contribution < 1.29 is 14.2 Å². The van der Waals surface area contributed by atoms with E-state index in [4.69, 9.17) is 14.2 Å². The third-order valence-electron chi connectivity index (χ3n) is 5.91. The summed E-state index contributed by atoms with van der Waals surface area (Å²) in [4.78, 5) is 2.44. The van der Waals surface area contributed by atoms with Gasteiger partial charge >= 0.3 is 0 Å². The fourth-order valence-corrected chi connectivity index (χ4v) is 4.18. The molecule has 1 saturated heterocycles. The topological polar surface area (TPSA) is 43.0 Å². The van der Waals surface area contributed by atoms with Crippen LogP contribution in [-0.4, -0.2) is 45.5 Å². The molecule has 5 heteroatoms. The summed E-state index contributed by atoms with van der Waals surface area (Å²) in [6.45, 7) is 5.83. The van der Waals surface area contributed by atoms with Crippen molar-refractivity contribution in [2.24, 2.45) is 5.92 Å². The van der Waals surface area contributed by atoms with Gasteiger partial charge in [-0.05, 0) is 49.9 Å². The fraction of sp³-hybridized carbons (Fsp3) is 0.478. The molecule has 28 heavy (non-hydrogen) atoms. The number of rotatable bonds is 6. The molecule has 0 spiro atoms. The van der Waals surface area contributed by atoms with E-state index >= 15 is 0 Å². The van der Waals surface area contributed by atoms with E-state index in [0.29, 0.717) is 18.6 Å². The molecule has 2 aliphatic heterocycles. The van der Waals surface area contributed by atoms with Crippen molar-refractivity contribution in [2.75, 3.05) is 38.3 Å². The molecule has 0 aromatic heterocycles. The number of benzene rings is 2. The number of para-hydroxylation sites is 4. The average Bonchev–Trinajstić information content (AvgIpc) is 2.77. The van der Waals surface area contributed by atoms with Crippen molar-refractivity contribution in [1.82, 2.24) is 5.32 Å². The van der Waals surface area contributed by atoms with Gasteiger partial charge in [-0.15, -0.1) is 0 Å². The number of methoxy groups -OCH3 is 1. The van der Waals surface area contributed by atoms with Crippen LogP contribution in [0.2, 0.25) is 0 Å². The highest BCUT2D eigenvalue weighted by Gasteiger charge is 2.27. The van der Waals surface area contributed by atoms with Gasteiger partial charge in [0.1, 0.15) is 18.5 Å². The molecule has 150 valence electrons. The molecule has 2 aliphatic rings. The molecule has 1 N–H and O–H groups in total. The Morgan fingerprint density at radius 3 is 2.57 bits per heavy atom. The van der Waals surface area contributed by atoms with Gasteiger partial charge in [0.05, 0.1) is 12.8 Å². The highest BCUT2D eigenvalue weighted by Crippen LogP contribution is 2.33. The van der Waals surface area contributed by atoms with Gasteiger partial charge in [-0.1, -0.05) is 24.3 Å². The molecule has 4 rings (SSSR count). The normalized spacial score (nSPS) is 20.6. The third-order valence-corrected chi connectivity index (χ3v) is 5.91. The summed E-state index contributed by atoms with van der Waals surface area (Å²) in [5.41, 5.74) is 1.20. The van der Waals surface area contributed by atoms with Crippen LogP contribution in [0.3, 0.4) is 0 Å². The maximum Gasteiger partial charge on any atom is 0.161 e. The number of nitrogens with one attached hydrogen (secondary N) is 1. The van der Waals surface area contributed by atoms with Gasteiger partial charge in [0.15, 0.2) is 11.5 Å². The molecule has 2 aromatic carbocycles. The van der Waals surface area contributed by atoms with Gasteiger partial charge in [0.2, 0.25) is 0 Å². The van der Waals surface area contributed by atoms with Crippen LogP contribution in [0, 0.1) is 5.92 Å². The van der Waals surface area contributed by atoms with Crippen molar-refractivity contribution in [3.8, 4) is 17.2 Å². The van der Waals surface area contributed by atoms with Crippen LogP contribution in [0.4, 0.5) is 5.69 Å². The van der Waals surface area contributed by atoms with Crippen LogP contribution in [-0.2, 0) is 0 Å². The molecule has 0 amide bonds. The minimum atomic E-state index is 0.0611. The molecule has 2 aromatic rings. The van der Waals surface area contributed by atoms with E-state index in [9.17, 15) is 0 Å². The van der Waals surface area contributed by atoms with Crippen LogP contribution in [0.25, 0.3) is 0 Å². The lowest BCUT2D eigenvalue weighted by atomic mass is 9.90. The van der Waals surface area contributed by atoms with E-state index in [1.54, 1.807) is 7.11 Å². The minimum Gasteiger partial charge on any atom is -0.495 e. The second kappa shape index (κ2) is 8.74. The molecule has 0 radical (unpaired) electrons. The molecule has 5 nitrogen and oxygen atoms in total. The maximum absolute atomic E-state index is 6.06. The van der Waals surface area contributed by atoms with E-state index in [1.165, 1.54) is 18.5 Å². The van der Waals surface area contributed by atoms with Gasteiger partial charge in [0.25, 0.3) is 0 Å². The van der Waals surface area contributed by atoms with E-state index in [1.807, 2.05) is 36.4 Å². The van der Waals surface area contributed by atoms with Crippen LogP contribution in [0.15, 0.2) is 48.5 Å². The molecule has 2 heterocycles. The fourth-order valence-electron chi connectivity index (χ4n) is 4.18. The first kappa shape index (κ1) is 18.9. The molecular formula is C23H30N2O3. The zero-order chi connectivity index (χ0) is 19.3. The second-order valence-electron chi connectivity index (χ2n) is 7.69. The van der Waals surface area contributed by atoms with E-state index in [2.05, 4.69) is 29.3 Å². The van der Waals surface area contributed by atoms with Gasteiger partial charge in [-0.2, -0.15) is 0 Å². The summed E-state index contributed by atoms with van der Waals surface area (Å²) in [6, 6.07) is 16.6. The Balaban J connectivity index is 1.25. The Labute approximate surface area is 167 Å². The summed E-state index contributed by atoms with van der Waals surface area (Å²) in [7, 11) is 1.74. The second-order valence-corrected chi connectivity index (χ2v) is 7.69. The molecule has 2 atom stereocenters. The summed E-state index contributed by atoms with van der Waals surface area (Å²) < 4.78 is 17.4. The summed E-state index contributed by atoms with van der Waals surface area (Å²) in [5, 5.41) is 3.68. The first-order valence-corrected chi connectivity index (χ1v) is 10.2. The van der Waals surface area contributed by atoms with Gasteiger partial charge in [-0.25, -0.2) is 0 Å². The number of fused-ring (bicyclic) bond motifs is 1. The van der Waals surface area contributed by atoms with Crippen molar-refractivity contribution >= 4 is 5.69 Å². The minimum absolute atomic E-state index is 0.0611. The zero-order valence-corrected chi connectivity index (χ0v) is 16.8. The predicted molar refractivity (Wildman–Crippen MR) is 112 cm³/mol. The molecule has 2 unspecified atom stereocenters. The number of hydrogen-bond donors (Lipinski definition) is 1. The Bertz CT molecular complexity index is 774. The number of piperidine rings is 1. The average molecular weight is 383 g/mol. The van der Waals surface area contributed by atoms with E-state index in [-0.39, 0.29) is 6.10 Å². The highest BCUT2D eigenvalue weighted by molar-refractivity contribution is 5.58. The molecule has 1 fully saturated rings. The summed E-state index contributed by atoms with van der Waals surface area (Å²) >= 11 is 0. The van der Waals surface area contributed by atoms with Crippen molar-refractivity contribution in [2.45, 2.75) is 31.9 Å². The van der Waals surface area contributed by atoms with E-state index < -0.39 is 0 Å². The Kier molecular flexibility index (Phi) is 5.91. The molecule has 0 saturated carbocycles. The molecule has 0 bridgehead atoms. The van der Waals surface area contributed by atoms with Crippen LogP contribution < -0.4 is 24.4 Å². The highest BCUT2D eigenvalue weighted by atomic mass is 16.6. The predicted octanol–water partition coefficient (Wildman–Crippen LogP) is 3.73. The van der Waals surface area contributed by atoms with Crippen LogP contribution in [0.1, 0.15) is 19.8 Å². The lowest BCUT2D eigenvalue weighted by Gasteiger charge is -2.37. The summed E-state index contributed by atoms with van der Waals surface area (Å²) in [6.07, 6.45) is 2.42. The Hall–Kier alpha value is -2.40. The van der Waals surface area contributed by atoms with Crippen molar-refractivity contribution in [3.63, 3.8) is 0 Å². The van der Waals surface area contributed by atoms with Crippen molar-refractivity contribution in [1.29, 1.82) is 0 Å². The Morgan fingerprint density at radius 1 is 1.07 bits per heavy atom. The number of ether oxygens (including phenoxy) is 3. The van der Waals surface area contributed by atoms with Gasteiger partial charge in [0, 0.05) is 25.7 Å². The lowest BCUT2D eigenvalue weighted by Crippen LogP contribution is -2.46. The standard InChI is InChI=1S/C23H30N2O3/c1-17(24-15-19-16-27-22-9-5-6-10-23(22)28-19)18-11-13-25(14-12-18)20-7-3-4-8-21(20)26-2/h3-10,17-19,24H,11-16H2,1-2H3. The number of hydrogen-bond acceptors (Lipinski definition) is 5. The number of nitrogens with zero attached hydrogens (tertiary/aromatic N) is 1. The van der Waals surface area contributed by atoms with Crippen LogP contribution >= 0.6 is 0 Å². The third kappa shape index (κ3) is 4.20. The number of anilines is 1. The largest absolute Gasteiger partial charge is 0.495 e. The van der Waals surface area contributed by atoms with Gasteiger partial charge < -0.3 is 24.4 Å². The van der Waals surface area contributed by atoms with Crippen LogP contribution in [0.5, 0.6) is 17.2 Å². The molecule has 0 aliphatic carbocycles. The Morgan fingerprint density at radius 2 is 1.79 bits per heavy atom. The van der Waals surface area contributed by atoms with Gasteiger partial charge in [-0.3, -0.25) is 0 Å². The smallest absolute Gasteiger partial charge is 0.161 e. The maximum atomic E-state index is 6.06. The SMILES string of the molecule is COc1ccccc1N1CCC(C(C)NCC2COc3ccccc3O2)CC1. The first-order valence-electron chi connectivity index (χ1n) is 10.2. The van der Waals surface area contributed by atoms with E-state index in [0.717, 1.165) is 36.9 Å². The lowest BCUT2D eigenvalue weighted by molar-refractivity contribution is 0.0861. The van der Waals surface area contributed by atoms with Crippen molar-refractivity contribution in [3.05, 3.63) is 48.5 Å². The summed E-state index contributed by atoms with van der Waals surface area (Å²) in [5.74, 6) is 3.32. The monoisotopic (exact) mass is 382 g/mol. The molecular weight excluding hydrogens is 352 g/mol. The quantitative estimate of drug-likeness (QED) is 0.825.